The molecule has 0 amide bonds. The number of aromatic nitrogens is 3. The maximum absolute atomic E-state index is 10.5. The highest BCUT2D eigenvalue weighted by Crippen LogP contribution is 2.44. The van der Waals surface area contributed by atoms with Crippen molar-refractivity contribution in [2.75, 3.05) is 13.1 Å². The van der Waals surface area contributed by atoms with Crippen molar-refractivity contribution in [3.63, 3.8) is 0 Å². The third-order valence-electron chi connectivity index (χ3n) is 4.37. The summed E-state index contributed by atoms with van der Waals surface area (Å²) >= 11 is 0. The van der Waals surface area contributed by atoms with Gasteiger partial charge in [0.2, 0.25) is 5.78 Å². The van der Waals surface area contributed by atoms with Crippen LogP contribution in [0.1, 0.15) is 25.0 Å². The molecule has 5 heteroatoms. The third-order valence-corrected chi connectivity index (χ3v) is 4.37. The molecule has 4 rings (SSSR count). The molecule has 1 saturated heterocycles. The summed E-state index contributed by atoms with van der Waals surface area (Å²) in [5.74, 6) is 1.29. The van der Waals surface area contributed by atoms with Crippen molar-refractivity contribution < 1.29 is 5.11 Å². The molecule has 1 unspecified atom stereocenters. The summed E-state index contributed by atoms with van der Waals surface area (Å²) < 4.78 is 1.94. The molecule has 1 aliphatic heterocycles. The lowest BCUT2D eigenvalue weighted by atomic mass is 9.97. The summed E-state index contributed by atoms with van der Waals surface area (Å²) in [6, 6.07) is 1.90. The van der Waals surface area contributed by atoms with Gasteiger partial charge in [-0.1, -0.05) is 0 Å². The van der Waals surface area contributed by atoms with Crippen LogP contribution in [0.4, 0.5) is 0 Å². The monoisotopic (exact) mass is 258 g/mol. The van der Waals surface area contributed by atoms with Gasteiger partial charge in [0.25, 0.3) is 0 Å². The van der Waals surface area contributed by atoms with E-state index >= 15 is 0 Å². The Balaban J connectivity index is 1.49. The fraction of sp³-hybridized carbons (Fsp3) is 0.571. The minimum absolute atomic E-state index is 0.433. The van der Waals surface area contributed by atoms with E-state index < -0.39 is 5.60 Å². The second kappa shape index (κ2) is 4.02. The molecule has 2 aromatic rings. The Bertz CT molecular complexity index is 573. The van der Waals surface area contributed by atoms with Crippen LogP contribution in [-0.2, 0) is 6.54 Å². The van der Waals surface area contributed by atoms with Crippen LogP contribution in [-0.4, -0.2) is 43.1 Å². The number of hydrogen-bond donors (Lipinski definition) is 1. The van der Waals surface area contributed by atoms with Crippen molar-refractivity contribution in [1.29, 1.82) is 0 Å². The van der Waals surface area contributed by atoms with Gasteiger partial charge in [-0.15, -0.1) is 0 Å². The van der Waals surface area contributed by atoms with Gasteiger partial charge in [0.15, 0.2) is 0 Å². The molecule has 3 heterocycles. The molecule has 5 nitrogen and oxygen atoms in total. The summed E-state index contributed by atoms with van der Waals surface area (Å²) in [5.41, 5.74) is 0.593. The first-order valence-electron chi connectivity index (χ1n) is 6.96. The first-order valence-corrected chi connectivity index (χ1v) is 6.96. The topological polar surface area (TPSA) is 53.7 Å². The van der Waals surface area contributed by atoms with Crippen LogP contribution in [0.15, 0.2) is 24.7 Å². The van der Waals surface area contributed by atoms with Crippen molar-refractivity contribution in [2.24, 2.45) is 5.92 Å². The predicted molar refractivity (Wildman–Crippen MR) is 70.6 cm³/mol. The Labute approximate surface area is 111 Å². The van der Waals surface area contributed by atoms with Crippen LogP contribution in [0.25, 0.3) is 5.78 Å². The van der Waals surface area contributed by atoms with E-state index in [0.29, 0.717) is 5.92 Å². The molecule has 1 N–H and O–H groups in total. The van der Waals surface area contributed by atoms with E-state index in [0.717, 1.165) is 37.5 Å². The molecule has 2 fully saturated rings. The van der Waals surface area contributed by atoms with Gasteiger partial charge in [0.1, 0.15) is 0 Å². The highest BCUT2D eigenvalue weighted by Gasteiger charge is 2.47. The van der Waals surface area contributed by atoms with Gasteiger partial charge < -0.3 is 5.11 Å². The molecule has 0 radical (unpaired) electrons. The van der Waals surface area contributed by atoms with Gasteiger partial charge in [-0.2, -0.15) is 0 Å². The Kier molecular flexibility index (Phi) is 2.40. The number of hydrogen-bond acceptors (Lipinski definition) is 4. The number of nitrogens with zero attached hydrogens (tertiary/aromatic N) is 4. The normalized spacial score (nSPS) is 28.3. The number of β-amino-alcohol motifs (C(OH)–C–C–N with tert-alkyl or cyclic N) is 1. The van der Waals surface area contributed by atoms with E-state index in [2.05, 4.69) is 14.9 Å². The van der Waals surface area contributed by atoms with Crippen molar-refractivity contribution in [2.45, 2.75) is 31.4 Å². The van der Waals surface area contributed by atoms with Crippen LogP contribution < -0.4 is 0 Å². The summed E-state index contributed by atoms with van der Waals surface area (Å²) in [7, 11) is 0. The summed E-state index contributed by atoms with van der Waals surface area (Å²) in [5, 5.41) is 10.5. The summed E-state index contributed by atoms with van der Waals surface area (Å²) in [6.07, 6.45) is 9.04. The van der Waals surface area contributed by atoms with Crippen LogP contribution in [0.5, 0.6) is 0 Å². The molecule has 0 aromatic carbocycles. The number of fused-ring (bicyclic) bond motifs is 1. The second-order valence-electron chi connectivity index (χ2n) is 5.90. The average molecular weight is 258 g/mol. The van der Waals surface area contributed by atoms with Crippen LogP contribution in [0.3, 0.4) is 0 Å². The molecular formula is C14H18N4O. The summed E-state index contributed by atoms with van der Waals surface area (Å²) in [4.78, 5) is 11.0. The first kappa shape index (κ1) is 11.4. The fourth-order valence-corrected chi connectivity index (χ4v) is 3.17. The van der Waals surface area contributed by atoms with E-state index in [9.17, 15) is 5.11 Å². The lowest BCUT2D eigenvalue weighted by Crippen LogP contribution is -2.35. The van der Waals surface area contributed by atoms with Gasteiger partial charge >= 0.3 is 0 Å². The molecule has 2 aromatic heterocycles. The molecule has 2 aliphatic rings. The molecule has 0 spiro atoms. The van der Waals surface area contributed by atoms with E-state index in [1.54, 1.807) is 6.20 Å². The average Bonchev–Trinajstić information content (AvgIpc) is 3.09. The van der Waals surface area contributed by atoms with Crippen molar-refractivity contribution in [3.8, 4) is 0 Å². The fourth-order valence-electron chi connectivity index (χ4n) is 3.17. The Morgan fingerprint density at radius 1 is 1.42 bits per heavy atom. The van der Waals surface area contributed by atoms with E-state index in [1.807, 2.05) is 22.9 Å². The van der Waals surface area contributed by atoms with E-state index in [-0.39, 0.29) is 0 Å². The van der Waals surface area contributed by atoms with Crippen LogP contribution in [0.2, 0.25) is 0 Å². The zero-order chi connectivity index (χ0) is 12.9. The van der Waals surface area contributed by atoms with Gasteiger partial charge in [0, 0.05) is 38.2 Å². The number of likely N-dealkylation sites (tertiary alicyclic amines) is 1. The van der Waals surface area contributed by atoms with Gasteiger partial charge in [0.05, 0.1) is 11.3 Å². The maximum atomic E-state index is 10.5. The minimum atomic E-state index is -0.433. The lowest BCUT2D eigenvalue weighted by molar-refractivity contribution is 0.0262. The Morgan fingerprint density at radius 3 is 3.11 bits per heavy atom. The highest BCUT2D eigenvalue weighted by molar-refractivity contribution is 5.29. The molecule has 1 atom stereocenters. The largest absolute Gasteiger partial charge is 0.388 e. The lowest BCUT2D eigenvalue weighted by Gasteiger charge is -2.22. The van der Waals surface area contributed by atoms with Crippen molar-refractivity contribution in [3.05, 3.63) is 30.4 Å². The maximum Gasteiger partial charge on any atom is 0.233 e. The second-order valence-corrected chi connectivity index (χ2v) is 5.90. The minimum Gasteiger partial charge on any atom is -0.388 e. The smallest absolute Gasteiger partial charge is 0.233 e. The molecule has 1 aliphatic carbocycles. The summed E-state index contributed by atoms with van der Waals surface area (Å²) in [6.45, 7) is 2.56. The zero-order valence-corrected chi connectivity index (χ0v) is 10.9. The van der Waals surface area contributed by atoms with Crippen molar-refractivity contribution in [1.82, 2.24) is 19.3 Å². The predicted octanol–water partition coefficient (Wildman–Crippen LogP) is 1.08. The van der Waals surface area contributed by atoms with Gasteiger partial charge in [-0.3, -0.25) is 9.30 Å². The molecular weight excluding hydrogens is 240 g/mol. The number of aliphatic hydroxyl groups is 1. The Hall–Kier alpha value is -1.46. The third kappa shape index (κ3) is 2.03. The molecule has 100 valence electrons. The van der Waals surface area contributed by atoms with Crippen molar-refractivity contribution >= 4 is 5.78 Å². The van der Waals surface area contributed by atoms with Crippen LogP contribution in [0, 0.1) is 5.92 Å². The quantitative estimate of drug-likeness (QED) is 0.895. The Morgan fingerprint density at radius 2 is 2.32 bits per heavy atom. The molecule has 19 heavy (non-hydrogen) atoms. The number of imidazole rings is 1. The first-order chi connectivity index (χ1) is 9.23. The van der Waals surface area contributed by atoms with E-state index in [4.69, 9.17) is 0 Å². The highest BCUT2D eigenvalue weighted by atomic mass is 16.3. The standard InChI is InChI=1S/C14H18N4O/c19-14(11-2-3-11)4-7-17(10-14)8-12-9-18-6-1-5-15-13(18)16-12/h1,5-6,9,11,19H,2-4,7-8,10H2. The van der Waals surface area contributed by atoms with E-state index in [1.165, 1.54) is 12.8 Å². The van der Waals surface area contributed by atoms with Gasteiger partial charge in [-0.05, 0) is 31.2 Å². The SMILES string of the molecule is OC1(C2CC2)CCN(Cc2cn3cccnc3n2)C1. The molecule has 0 bridgehead atoms. The number of rotatable bonds is 3. The molecule has 1 saturated carbocycles. The van der Waals surface area contributed by atoms with Gasteiger partial charge in [-0.25, -0.2) is 9.97 Å². The van der Waals surface area contributed by atoms with Crippen LogP contribution >= 0.6 is 0 Å². The zero-order valence-electron chi connectivity index (χ0n) is 10.9.